The van der Waals surface area contributed by atoms with E-state index in [1.165, 1.54) is 0 Å². The van der Waals surface area contributed by atoms with Crippen molar-refractivity contribution in [3.63, 3.8) is 0 Å². The first-order valence-electron chi connectivity index (χ1n) is 12.2. The Bertz CT molecular complexity index is 1160. The van der Waals surface area contributed by atoms with Crippen LogP contribution in [-0.4, -0.2) is 62.8 Å². The minimum Gasteiger partial charge on any atom is -0.493 e. The number of carbonyl (C=O) groups is 1. The molecule has 2 aromatic carbocycles. The second-order valence-corrected chi connectivity index (χ2v) is 9.43. The molecule has 35 heavy (non-hydrogen) atoms. The average molecular weight is 478 g/mol. The van der Waals surface area contributed by atoms with Crippen molar-refractivity contribution in [1.29, 1.82) is 0 Å². The molecular weight excluding hydrogens is 442 g/mol. The van der Waals surface area contributed by atoms with Crippen LogP contribution in [0, 0.1) is 5.92 Å². The lowest BCUT2D eigenvalue weighted by Crippen LogP contribution is -2.45. The number of hydrogen-bond acceptors (Lipinski definition) is 6. The SMILES string of the molecule is COc1cc(-c2cc(C(=O)NC3CCN(CC(C)C)CC3)c3ccccc3n2)cc(OC)c1OC. The molecule has 0 aliphatic carbocycles. The topological polar surface area (TPSA) is 72.9 Å². The van der Waals surface area contributed by atoms with Crippen LogP contribution in [0.25, 0.3) is 22.2 Å². The van der Waals surface area contributed by atoms with Crippen molar-refractivity contribution in [3.8, 4) is 28.5 Å². The standard InChI is InChI=1S/C28H35N3O4/c1-18(2)17-31-12-10-20(11-13-31)29-28(32)22-16-24(30-23-9-7-6-8-21(22)23)19-14-25(33-3)27(35-5)26(15-19)34-4/h6-9,14-16,18,20H,10-13,17H2,1-5H3,(H,29,32). The van der Waals surface area contributed by atoms with E-state index in [4.69, 9.17) is 19.2 Å². The van der Waals surface area contributed by atoms with Gasteiger partial charge in [0.2, 0.25) is 5.75 Å². The van der Waals surface area contributed by atoms with E-state index in [0.29, 0.717) is 34.4 Å². The van der Waals surface area contributed by atoms with E-state index in [1.807, 2.05) is 42.5 Å². The summed E-state index contributed by atoms with van der Waals surface area (Å²) in [5.41, 5.74) is 2.82. The average Bonchev–Trinajstić information content (AvgIpc) is 2.87. The molecule has 3 aromatic rings. The van der Waals surface area contributed by atoms with Gasteiger partial charge in [-0.05, 0) is 43.0 Å². The monoisotopic (exact) mass is 477 g/mol. The van der Waals surface area contributed by atoms with Gasteiger partial charge in [0.05, 0.1) is 38.1 Å². The number of para-hydroxylation sites is 1. The Morgan fingerprint density at radius 1 is 1.03 bits per heavy atom. The molecule has 0 unspecified atom stereocenters. The Hall–Kier alpha value is -3.32. The van der Waals surface area contributed by atoms with Gasteiger partial charge in [-0.25, -0.2) is 4.98 Å². The van der Waals surface area contributed by atoms with Gasteiger partial charge in [-0.2, -0.15) is 0 Å². The number of nitrogens with zero attached hydrogens (tertiary/aromatic N) is 2. The van der Waals surface area contributed by atoms with E-state index >= 15 is 0 Å². The van der Waals surface area contributed by atoms with Crippen LogP contribution in [0.15, 0.2) is 42.5 Å². The van der Waals surface area contributed by atoms with Gasteiger partial charge >= 0.3 is 0 Å². The summed E-state index contributed by atoms with van der Waals surface area (Å²) in [7, 11) is 4.74. The molecule has 1 amide bonds. The van der Waals surface area contributed by atoms with Crippen LogP contribution in [0.3, 0.4) is 0 Å². The van der Waals surface area contributed by atoms with E-state index in [2.05, 4.69) is 24.1 Å². The molecular formula is C28H35N3O4. The minimum atomic E-state index is -0.0698. The number of fused-ring (bicyclic) bond motifs is 1. The summed E-state index contributed by atoms with van der Waals surface area (Å²) in [4.78, 5) is 20.8. The van der Waals surface area contributed by atoms with Crippen LogP contribution in [0.2, 0.25) is 0 Å². The number of rotatable bonds is 8. The maximum Gasteiger partial charge on any atom is 0.252 e. The fourth-order valence-electron chi connectivity index (χ4n) is 4.78. The summed E-state index contributed by atoms with van der Waals surface area (Å²) >= 11 is 0. The smallest absolute Gasteiger partial charge is 0.252 e. The summed E-state index contributed by atoms with van der Waals surface area (Å²) in [6.07, 6.45) is 1.92. The lowest BCUT2D eigenvalue weighted by atomic mass is 10.0. The van der Waals surface area contributed by atoms with Crippen LogP contribution < -0.4 is 19.5 Å². The molecule has 186 valence electrons. The number of ether oxygens (including phenoxy) is 3. The Kier molecular flexibility index (Phi) is 7.76. The number of likely N-dealkylation sites (tertiary alicyclic amines) is 1. The molecule has 1 aromatic heterocycles. The first kappa shape index (κ1) is 24.8. The van der Waals surface area contributed by atoms with Gasteiger partial charge in [0.1, 0.15) is 0 Å². The number of piperidine rings is 1. The minimum absolute atomic E-state index is 0.0698. The van der Waals surface area contributed by atoms with Crippen LogP contribution in [0.4, 0.5) is 0 Å². The highest BCUT2D eigenvalue weighted by Gasteiger charge is 2.23. The van der Waals surface area contributed by atoms with Crippen molar-refractivity contribution in [3.05, 3.63) is 48.0 Å². The normalized spacial score (nSPS) is 14.8. The molecule has 7 nitrogen and oxygen atoms in total. The van der Waals surface area contributed by atoms with Gasteiger partial charge in [0.15, 0.2) is 11.5 Å². The highest BCUT2D eigenvalue weighted by molar-refractivity contribution is 6.07. The quantitative estimate of drug-likeness (QED) is 0.504. The second-order valence-electron chi connectivity index (χ2n) is 9.43. The summed E-state index contributed by atoms with van der Waals surface area (Å²) in [5.74, 6) is 2.17. The molecule has 7 heteroatoms. The maximum atomic E-state index is 13.5. The molecule has 1 aliphatic heterocycles. The third kappa shape index (κ3) is 5.51. The number of carbonyl (C=O) groups excluding carboxylic acids is 1. The number of pyridine rings is 1. The second kappa shape index (κ2) is 11.0. The third-order valence-electron chi connectivity index (χ3n) is 6.47. The van der Waals surface area contributed by atoms with Gasteiger partial charge in [0.25, 0.3) is 5.91 Å². The fraction of sp³-hybridized carbons (Fsp3) is 0.429. The van der Waals surface area contributed by atoms with Crippen molar-refractivity contribution in [1.82, 2.24) is 15.2 Å². The van der Waals surface area contributed by atoms with E-state index in [0.717, 1.165) is 48.9 Å². The van der Waals surface area contributed by atoms with Crippen LogP contribution in [-0.2, 0) is 0 Å². The van der Waals surface area contributed by atoms with Crippen LogP contribution in [0.1, 0.15) is 37.0 Å². The van der Waals surface area contributed by atoms with E-state index < -0.39 is 0 Å². The number of amides is 1. The van der Waals surface area contributed by atoms with Gasteiger partial charge in [-0.1, -0.05) is 32.0 Å². The first-order chi connectivity index (χ1) is 16.9. The van der Waals surface area contributed by atoms with Gasteiger partial charge in [0, 0.05) is 36.6 Å². The van der Waals surface area contributed by atoms with Crippen molar-refractivity contribution in [2.75, 3.05) is 41.0 Å². The van der Waals surface area contributed by atoms with E-state index in [1.54, 1.807) is 21.3 Å². The molecule has 4 rings (SSSR count). The van der Waals surface area contributed by atoms with E-state index in [-0.39, 0.29) is 11.9 Å². The summed E-state index contributed by atoms with van der Waals surface area (Å²) in [6.45, 7) is 7.61. The Morgan fingerprint density at radius 2 is 1.69 bits per heavy atom. The zero-order valence-corrected chi connectivity index (χ0v) is 21.3. The summed E-state index contributed by atoms with van der Waals surface area (Å²) in [5, 5.41) is 4.11. The van der Waals surface area contributed by atoms with Crippen molar-refractivity contribution in [2.45, 2.75) is 32.7 Å². The molecule has 0 atom stereocenters. The van der Waals surface area contributed by atoms with Crippen molar-refractivity contribution >= 4 is 16.8 Å². The first-order valence-corrected chi connectivity index (χ1v) is 12.2. The molecule has 0 radical (unpaired) electrons. The molecule has 0 bridgehead atoms. The van der Waals surface area contributed by atoms with E-state index in [9.17, 15) is 4.79 Å². The van der Waals surface area contributed by atoms with Gasteiger partial charge < -0.3 is 24.4 Å². The largest absolute Gasteiger partial charge is 0.493 e. The predicted octanol–water partition coefficient (Wildman–Crippen LogP) is 4.78. The van der Waals surface area contributed by atoms with Gasteiger partial charge in [-0.3, -0.25) is 4.79 Å². The number of aromatic nitrogens is 1. The lowest BCUT2D eigenvalue weighted by Gasteiger charge is -2.33. The highest BCUT2D eigenvalue weighted by Crippen LogP contribution is 2.41. The number of nitrogens with one attached hydrogen (secondary N) is 1. The molecule has 2 heterocycles. The zero-order valence-electron chi connectivity index (χ0n) is 21.3. The third-order valence-corrected chi connectivity index (χ3v) is 6.47. The fourth-order valence-corrected chi connectivity index (χ4v) is 4.78. The number of methoxy groups -OCH3 is 3. The van der Waals surface area contributed by atoms with Crippen molar-refractivity contribution in [2.24, 2.45) is 5.92 Å². The molecule has 0 saturated carbocycles. The number of hydrogen-bond donors (Lipinski definition) is 1. The molecule has 1 saturated heterocycles. The maximum absolute atomic E-state index is 13.5. The molecule has 1 fully saturated rings. The predicted molar refractivity (Wildman–Crippen MR) is 139 cm³/mol. The van der Waals surface area contributed by atoms with Crippen LogP contribution >= 0.6 is 0 Å². The molecule has 0 spiro atoms. The molecule has 1 N–H and O–H groups in total. The van der Waals surface area contributed by atoms with Crippen LogP contribution in [0.5, 0.6) is 17.2 Å². The van der Waals surface area contributed by atoms with Crippen molar-refractivity contribution < 1.29 is 19.0 Å². The highest BCUT2D eigenvalue weighted by atomic mass is 16.5. The Labute approximate surface area is 207 Å². The molecule has 1 aliphatic rings. The number of benzene rings is 2. The van der Waals surface area contributed by atoms with Gasteiger partial charge in [-0.15, -0.1) is 0 Å². The summed E-state index contributed by atoms with van der Waals surface area (Å²) < 4.78 is 16.5. The summed E-state index contributed by atoms with van der Waals surface area (Å²) in [6, 6.07) is 13.5. The Balaban J connectivity index is 1.65. The lowest BCUT2D eigenvalue weighted by molar-refractivity contribution is 0.0909. The zero-order chi connectivity index (χ0) is 24.9. The Morgan fingerprint density at radius 3 is 2.29 bits per heavy atom.